The van der Waals surface area contributed by atoms with Gasteiger partial charge in [0, 0.05) is 0 Å². The first-order chi connectivity index (χ1) is 4.88. The van der Waals surface area contributed by atoms with Crippen molar-refractivity contribution in [3.63, 3.8) is 0 Å². The largest absolute Gasteiger partial charge is 2.00 e. The zero-order chi connectivity index (χ0) is 7.40. The van der Waals surface area contributed by atoms with Gasteiger partial charge in [-0.1, -0.05) is 0 Å². The minimum absolute atomic E-state index is 0. The van der Waals surface area contributed by atoms with Crippen LogP contribution in [0.3, 0.4) is 0 Å². The van der Waals surface area contributed by atoms with Crippen LogP contribution in [0.1, 0.15) is 11.1 Å². The van der Waals surface area contributed by atoms with Crippen molar-refractivity contribution in [1.29, 1.82) is 0 Å². The Morgan fingerprint density at radius 2 is 1.27 bits per heavy atom. The van der Waals surface area contributed by atoms with Crippen molar-refractivity contribution in [2.24, 2.45) is 0 Å². The molecule has 11 heavy (non-hydrogen) atoms. The van der Waals surface area contributed by atoms with Crippen molar-refractivity contribution < 1.29 is 29.1 Å². The van der Waals surface area contributed by atoms with E-state index in [4.69, 9.17) is 0 Å². The Bertz CT molecular complexity index is 231. The predicted octanol–water partition coefficient (Wildman–Crippen LogP) is 0.600. The zero-order valence-electron chi connectivity index (χ0n) is 5.83. The number of hydrogen-bond acceptors (Lipinski definition) is 2. The van der Waals surface area contributed by atoms with Crippen LogP contribution in [0.5, 0.6) is 0 Å². The van der Waals surface area contributed by atoms with E-state index in [1.165, 1.54) is 12.1 Å². The van der Waals surface area contributed by atoms with E-state index in [0.717, 1.165) is 0 Å². The fourth-order valence-corrected chi connectivity index (χ4v) is 0.661. The fraction of sp³-hybridized carbons (Fsp3) is 0. The van der Waals surface area contributed by atoms with Gasteiger partial charge in [-0.2, -0.15) is 0 Å². The van der Waals surface area contributed by atoms with Crippen molar-refractivity contribution >= 4 is 12.6 Å². The first-order valence-electron chi connectivity index (χ1n) is 2.74. The molecule has 0 saturated carbocycles. The molecule has 0 unspecified atom stereocenters. The summed E-state index contributed by atoms with van der Waals surface area (Å²) in [5.74, 6) is 0. The van der Waals surface area contributed by atoms with Crippen molar-refractivity contribution in [3.05, 3.63) is 35.4 Å². The van der Waals surface area contributed by atoms with Gasteiger partial charge in [-0.3, -0.25) is 11.1 Å². The number of benzene rings is 1. The van der Waals surface area contributed by atoms with Crippen molar-refractivity contribution in [3.8, 4) is 0 Å². The second-order valence-corrected chi connectivity index (χ2v) is 1.75. The molecule has 3 heteroatoms. The first kappa shape index (κ1) is 10.2. The summed E-state index contributed by atoms with van der Waals surface area (Å²) >= 11 is 0. The molecule has 1 aromatic carbocycles. The van der Waals surface area contributed by atoms with E-state index < -0.39 is 0 Å². The SMILES string of the molecule is O=[C-]c1ccccc1[C-]=O.[Zn+2]. The third-order valence-electron chi connectivity index (χ3n) is 1.15. The molecule has 1 rings (SSSR count). The molecule has 50 valence electrons. The first-order valence-corrected chi connectivity index (χ1v) is 2.74. The Morgan fingerprint density at radius 3 is 1.55 bits per heavy atom. The van der Waals surface area contributed by atoms with Crippen LogP contribution < -0.4 is 0 Å². The fourth-order valence-electron chi connectivity index (χ4n) is 0.661. The van der Waals surface area contributed by atoms with E-state index in [-0.39, 0.29) is 30.6 Å². The van der Waals surface area contributed by atoms with Gasteiger partial charge in [0.05, 0.1) is 0 Å². The summed E-state index contributed by atoms with van der Waals surface area (Å²) in [4.78, 5) is 20.2. The van der Waals surface area contributed by atoms with Crippen molar-refractivity contribution in [1.82, 2.24) is 0 Å². The van der Waals surface area contributed by atoms with Crippen molar-refractivity contribution in [2.75, 3.05) is 0 Å². The summed E-state index contributed by atoms with van der Waals surface area (Å²) in [6.07, 6.45) is 3.27. The average Bonchev–Trinajstić information content (AvgIpc) is 2.04. The van der Waals surface area contributed by atoms with E-state index in [2.05, 4.69) is 0 Å². The minimum atomic E-state index is 0. The van der Waals surface area contributed by atoms with E-state index in [1.54, 1.807) is 24.7 Å². The van der Waals surface area contributed by atoms with Crippen LogP contribution in [0.2, 0.25) is 0 Å². The van der Waals surface area contributed by atoms with E-state index in [0.29, 0.717) is 0 Å². The smallest absolute Gasteiger partial charge is 0.391 e. The summed E-state index contributed by atoms with van der Waals surface area (Å²) in [5.41, 5.74) is 0.523. The molecule has 1 aromatic rings. The summed E-state index contributed by atoms with van der Waals surface area (Å²) < 4.78 is 0. The van der Waals surface area contributed by atoms with Crippen LogP contribution in [0.15, 0.2) is 24.3 Å². The molecule has 0 amide bonds. The molecule has 0 N–H and O–H groups in total. The Morgan fingerprint density at radius 1 is 0.909 bits per heavy atom. The molecule has 0 fully saturated rings. The van der Waals surface area contributed by atoms with Crippen LogP contribution in [0.25, 0.3) is 0 Å². The Hall–Kier alpha value is -0.817. The van der Waals surface area contributed by atoms with Gasteiger partial charge in [0.15, 0.2) is 0 Å². The maximum atomic E-state index is 10.1. The van der Waals surface area contributed by atoms with Gasteiger partial charge in [0.1, 0.15) is 0 Å². The van der Waals surface area contributed by atoms with Crippen LogP contribution in [-0.4, -0.2) is 12.6 Å². The zero-order valence-corrected chi connectivity index (χ0v) is 8.80. The molecule has 0 aliphatic carbocycles. The Labute approximate surface area is 77.4 Å². The predicted molar refractivity (Wildman–Crippen MR) is 36.0 cm³/mol. The molecule has 0 aliphatic heterocycles. The quantitative estimate of drug-likeness (QED) is 0.514. The molecular weight excluding hydrogens is 193 g/mol. The molecule has 0 heterocycles. The molecule has 0 bridgehead atoms. The maximum Gasteiger partial charge on any atom is 2.00 e. The van der Waals surface area contributed by atoms with Gasteiger partial charge in [0.2, 0.25) is 0 Å². The third-order valence-corrected chi connectivity index (χ3v) is 1.15. The number of carbonyl (C=O) groups excluding carboxylic acids is 2. The van der Waals surface area contributed by atoms with Crippen LogP contribution >= 0.6 is 0 Å². The monoisotopic (exact) mass is 196 g/mol. The van der Waals surface area contributed by atoms with Gasteiger partial charge in [-0.15, -0.1) is 12.1 Å². The summed E-state index contributed by atoms with van der Waals surface area (Å²) in [7, 11) is 0. The van der Waals surface area contributed by atoms with Crippen molar-refractivity contribution in [2.45, 2.75) is 0 Å². The van der Waals surface area contributed by atoms with E-state index in [9.17, 15) is 9.59 Å². The third kappa shape index (κ3) is 2.36. The molecule has 0 radical (unpaired) electrons. The molecular formula is C8H4O2Zn. The Balaban J connectivity index is 0.000001000. The number of hydrogen-bond donors (Lipinski definition) is 0. The molecule has 0 saturated heterocycles. The van der Waals surface area contributed by atoms with E-state index >= 15 is 0 Å². The summed E-state index contributed by atoms with van der Waals surface area (Å²) in [6, 6.07) is 6.38. The van der Waals surface area contributed by atoms with Gasteiger partial charge >= 0.3 is 19.5 Å². The second kappa shape index (κ2) is 4.92. The maximum absolute atomic E-state index is 10.1. The van der Waals surface area contributed by atoms with Gasteiger partial charge < -0.3 is 9.59 Å². The minimum Gasteiger partial charge on any atom is -0.391 e. The second-order valence-electron chi connectivity index (χ2n) is 1.75. The van der Waals surface area contributed by atoms with Gasteiger partial charge in [0.25, 0.3) is 0 Å². The summed E-state index contributed by atoms with van der Waals surface area (Å²) in [5, 5.41) is 0. The molecule has 0 atom stereocenters. The molecule has 2 nitrogen and oxygen atoms in total. The van der Waals surface area contributed by atoms with Crippen LogP contribution in [-0.2, 0) is 29.1 Å². The summed E-state index contributed by atoms with van der Waals surface area (Å²) in [6.45, 7) is 0. The standard InChI is InChI=1S/C8H4O2.Zn/c9-5-7-3-1-2-4-8(7)6-10;/h1-4H;/q-2;+2. The number of rotatable bonds is 2. The van der Waals surface area contributed by atoms with Gasteiger partial charge in [-0.25, -0.2) is 12.1 Å². The molecule has 0 spiro atoms. The van der Waals surface area contributed by atoms with Crippen LogP contribution in [0, 0.1) is 0 Å². The van der Waals surface area contributed by atoms with Gasteiger partial charge in [-0.05, 0) is 12.6 Å². The normalized spacial score (nSPS) is 8.00. The molecule has 0 aliphatic rings. The Kier molecular flexibility index (Phi) is 4.55. The van der Waals surface area contributed by atoms with E-state index in [1.807, 2.05) is 0 Å². The topological polar surface area (TPSA) is 34.1 Å². The molecule has 0 aromatic heterocycles. The van der Waals surface area contributed by atoms with Crippen LogP contribution in [0.4, 0.5) is 0 Å². The average molecular weight is 198 g/mol.